The summed E-state index contributed by atoms with van der Waals surface area (Å²) in [6.45, 7) is 8.89. The van der Waals surface area contributed by atoms with Crippen molar-refractivity contribution in [3.8, 4) is 0 Å². The SMILES string of the molecule is Cc1ccnc(NCCCNC(=O)OC(C)(C)C)c1. The number of nitrogens with one attached hydrogen (secondary N) is 2. The molecule has 5 nitrogen and oxygen atoms in total. The number of anilines is 1. The lowest BCUT2D eigenvalue weighted by atomic mass is 10.2. The summed E-state index contributed by atoms with van der Waals surface area (Å²) in [4.78, 5) is 15.6. The Kier molecular flexibility index (Phi) is 5.60. The molecule has 19 heavy (non-hydrogen) atoms. The zero-order valence-corrected chi connectivity index (χ0v) is 12.1. The normalized spacial score (nSPS) is 10.9. The highest BCUT2D eigenvalue weighted by molar-refractivity contribution is 5.67. The summed E-state index contributed by atoms with van der Waals surface area (Å²) in [6.07, 6.45) is 2.21. The van der Waals surface area contributed by atoms with Crippen molar-refractivity contribution in [1.82, 2.24) is 10.3 Å². The van der Waals surface area contributed by atoms with E-state index >= 15 is 0 Å². The summed E-state index contributed by atoms with van der Waals surface area (Å²) in [5.74, 6) is 0.859. The molecule has 106 valence electrons. The van der Waals surface area contributed by atoms with Crippen LogP contribution in [0.1, 0.15) is 32.8 Å². The molecule has 1 aromatic heterocycles. The molecule has 0 unspecified atom stereocenters. The third-order valence-corrected chi connectivity index (χ3v) is 2.24. The summed E-state index contributed by atoms with van der Waals surface area (Å²) in [5, 5.41) is 5.92. The maximum Gasteiger partial charge on any atom is 0.407 e. The third-order valence-electron chi connectivity index (χ3n) is 2.24. The molecule has 0 aliphatic rings. The summed E-state index contributed by atoms with van der Waals surface area (Å²) in [5.41, 5.74) is 0.720. The number of amides is 1. The van der Waals surface area contributed by atoms with Crippen molar-refractivity contribution in [3.63, 3.8) is 0 Å². The van der Waals surface area contributed by atoms with Gasteiger partial charge in [-0.05, 0) is 51.8 Å². The number of alkyl carbamates (subject to hydrolysis) is 1. The fourth-order valence-corrected chi connectivity index (χ4v) is 1.44. The molecule has 1 rings (SSSR count). The third kappa shape index (κ3) is 7.28. The first-order valence-electron chi connectivity index (χ1n) is 6.50. The quantitative estimate of drug-likeness (QED) is 0.803. The zero-order chi connectivity index (χ0) is 14.3. The van der Waals surface area contributed by atoms with E-state index in [1.165, 1.54) is 5.56 Å². The van der Waals surface area contributed by atoms with E-state index in [1.54, 1.807) is 6.20 Å². The largest absolute Gasteiger partial charge is 0.444 e. The lowest BCUT2D eigenvalue weighted by Gasteiger charge is -2.19. The standard InChI is InChI=1S/C14H23N3O2/c1-11-6-9-16-12(10-11)15-7-5-8-17-13(18)19-14(2,3)4/h6,9-10H,5,7-8H2,1-4H3,(H,15,16)(H,17,18). The Balaban J connectivity index is 2.13. The Morgan fingerprint density at radius 1 is 1.37 bits per heavy atom. The van der Waals surface area contributed by atoms with Crippen LogP contribution in [0.25, 0.3) is 0 Å². The molecule has 5 heteroatoms. The summed E-state index contributed by atoms with van der Waals surface area (Å²) in [6, 6.07) is 3.94. The number of ether oxygens (including phenoxy) is 1. The minimum absolute atomic E-state index is 0.374. The van der Waals surface area contributed by atoms with E-state index in [2.05, 4.69) is 15.6 Å². The molecular formula is C14H23N3O2. The number of nitrogens with zero attached hydrogens (tertiary/aromatic N) is 1. The Morgan fingerprint density at radius 3 is 2.74 bits per heavy atom. The molecule has 0 atom stereocenters. The number of aromatic nitrogens is 1. The van der Waals surface area contributed by atoms with Gasteiger partial charge in [0.15, 0.2) is 0 Å². The number of aryl methyl sites for hydroxylation is 1. The predicted octanol–water partition coefficient (Wildman–Crippen LogP) is 2.72. The van der Waals surface area contributed by atoms with E-state index in [0.717, 1.165) is 18.8 Å². The molecule has 0 aliphatic heterocycles. The molecule has 1 aromatic rings. The first kappa shape index (κ1) is 15.3. The van der Waals surface area contributed by atoms with Crippen LogP contribution in [-0.2, 0) is 4.74 Å². The van der Waals surface area contributed by atoms with Gasteiger partial charge in [0.05, 0.1) is 0 Å². The van der Waals surface area contributed by atoms with Gasteiger partial charge in [-0.25, -0.2) is 9.78 Å². The van der Waals surface area contributed by atoms with Gasteiger partial charge in [0, 0.05) is 19.3 Å². The van der Waals surface area contributed by atoms with Crippen molar-refractivity contribution in [2.75, 3.05) is 18.4 Å². The topological polar surface area (TPSA) is 63.2 Å². The molecule has 2 N–H and O–H groups in total. The Bertz CT molecular complexity index is 413. The highest BCUT2D eigenvalue weighted by atomic mass is 16.6. The number of rotatable bonds is 5. The monoisotopic (exact) mass is 265 g/mol. The van der Waals surface area contributed by atoms with Gasteiger partial charge < -0.3 is 15.4 Å². The maximum atomic E-state index is 11.4. The second-order valence-electron chi connectivity index (χ2n) is 5.43. The molecule has 0 saturated carbocycles. The zero-order valence-electron chi connectivity index (χ0n) is 12.1. The van der Waals surface area contributed by atoms with Crippen LogP contribution in [-0.4, -0.2) is 29.8 Å². The number of carbonyl (C=O) groups excluding carboxylic acids is 1. The van der Waals surface area contributed by atoms with E-state index in [1.807, 2.05) is 39.8 Å². The number of pyridine rings is 1. The molecule has 1 heterocycles. The van der Waals surface area contributed by atoms with Crippen molar-refractivity contribution in [1.29, 1.82) is 0 Å². The average molecular weight is 265 g/mol. The van der Waals surface area contributed by atoms with Crippen LogP contribution in [0.15, 0.2) is 18.3 Å². The van der Waals surface area contributed by atoms with Crippen LogP contribution in [0.2, 0.25) is 0 Å². The van der Waals surface area contributed by atoms with Crippen molar-refractivity contribution >= 4 is 11.9 Å². The molecule has 0 radical (unpaired) electrons. The van der Waals surface area contributed by atoms with E-state index in [4.69, 9.17) is 4.74 Å². The smallest absolute Gasteiger partial charge is 0.407 e. The van der Waals surface area contributed by atoms with E-state index in [-0.39, 0.29) is 6.09 Å². The molecule has 0 saturated heterocycles. The molecular weight excluding hydrogens is 242 g/mol. The Labute approximate surface area is 114 Å². The van der Waals surface area contributed by atoms with E-state index < -0.39 is 5.60 Å². The molecule has 1 amide bonds. The van der Waals surface area contributed by atoms with Gasteiger partial charge in [-0.3, -0.25) is 0 Å². The highest BCUT2D eigenvalue weighted by Crippen LogP contribution is 2.06. The van der Waals surface area contributed by atoms with Gasteiger partial charge in [-0.15, -0.1) is 0 Å². The highest BCUT2D eigenvalue weighted by Gasteiger charge is 2.15. The van der Waals surface area contributed by atoms with Crippen molar-refractivity contribution in [2.24, 2.45) is 0 Å². The number of carbonyl (C=O) groups is 1. The summed E-state index contributed by atoms with van der Waals surface area (Å²) < 4.78 is 5.14. The molecule has 0 bridgehead atoms. The van der Waals surface area contributed by atoms with Crippen LogP contribution in [0.5, 0.6) is 0 Å². The van der Waals surface area contributed by atoms with E-state index in [9.17, 15) is 4.79 Å². The van der Waals surface area contributed by atoms with Gasteiger partial charge in [-0.2, -0.15) is 0 Å². The van der Waals surface area contributed by atoms with Crippen LogP contribution < -0.4 is 10.6 Å². The molecule has 0 spiro atoms. The first-order valence-corrected chi connectivity index (χ1v) is 6.50. The van der Waals surface area contributed by atoms with E-state index in [0.29, 0.717) is 6.54 Å². The predicted molar refractivity (Wildman–Crippen MR) is 76.3 cm³/mol. The lowest BCUT2D eigenvalue weighted by Crippen LogP contribution is -2.33. The lowest BCUT2D eigenvalue weighted by molar-refractivity contribution is 0.0528. The molecule has 0 aromatic carbocycles. The minimum Gasteiger partial charge on any atom is -0.444 e. The fourth-order valence-electron chi connectivity index (χ4n) is 1.44. The van der Waals surface area contributed by atoms with Crippen molar-refractivity contribution < 1.29 is 9.53 Å². The van der Waals surface area contributed by atoms with Gasteiger partial charge in [0.2, 0.25) is 0 Å². The average Bonchev–Trinajstić information content (AvgIpc) is 2.26. The summed E-state index contributed by atoms with van der Waals surface area (Å²) in [7, 11) is 0. The molecule has 0 fully saturated rings. The molecule has 0 aliphatic carbocycles. The van der Waals surface area contributed by atoms with Gasteiger partial charge in [-0.1, -0.05) is 0 Å². The van der Waals surface area contributed by atoms with Crippen LogP contribution >= 0.6 is 0 Å². The number of hydrogen-bond acceptors (Lipinski definition) is 4. The minimum atomic E-state index is -0.451. The summed E-state index contributed by atoms with van der Waals surface area (Å²) >= 11 is 0. The van der Waals surface area contributed by atoms with Crippen molar-refractivity contribution in [2.45, 2.75) is 39.7 Å². The number of hydrogen-bond donors (Lipinski definition) is 2. The van der Waals surface area contributed by atoms with Crippen molar-refractivity contribution in [3.05, 3.63) is 23.9 Å². The van der Waals surface area contributed by atoms with Gasteiger partial charge in [0.1, 0.15) is 11.4 Å². The van der Waals surface area contributed by atoms with Crippen LogP contribution in [0, 0.1) is 6.92 Å². The van der Waals surface area contributed by atoms with Gasteiger partial charge >= 0.3 is 6.09 Å². The fraction of sp³-hybridized carbons (Fsp3) is 0.571. The van der Waals surface area contributed by atoms with Crippen LogP contribution in [0.4, 0.5) is 10.6 Å². The second kappa shape index (κ2) is 6.97. The Morgan fingerprint density at radius 2 is 2.11 bits per heavy atom. The second-order valence-corrected chi connectivity index (χ2v) is 5.43. The Hall–Kier alpha value is -1.78. The maximum absolute atomic E-state index is 11.4. The first-order chi connectivity index (χ1) is 8.87. The van der Waals surface area contributed by atoms with Gasteiger partial charge in [0.25, 0.3) is 0 Å². The van der Waals surface area contributed by atoms with Crippen LogP contribution in [0.3, 0.4) is 0 Å².